The molecule has 25 heavy (non-hydrogen) atoms. The van der Waals surface area contributed by atoms with Crippen LogP contribution in [0.4, 0.5) is 0 Å². The van der Waals surface area contributed by atoms with Gasteiger partial charge in [-0.25, -0.2) is 18.4 Å². The highest BCUT2D eigenvalue weighted by molar-refractivity contribution is 7.89. The van der Waals surface area contributed by atoms with Crippen molar-refractivity contribution >= 4 is 27.6 Å². The molecule has 2 aromatic carbocycles. The van der Waals surface area contributed by atoms with Gasteiger partial charge in [0.05, 0.1) is 12.0 Å². The van der Waals surface area contributed by atoms with Gasteiger partial charge < -0.3 is 14.2 Å². The van der Waals surface area contributed by atoms with Crippen molar-refractivity contribution in [2.45, 2.75) is 4.90 Å². The lowest BCUT2D eigenvalue weighted by Gasteiger charge is -2.11. The van der Waals surface area contributed by atoms with E-state index < -0.39 is 16.0 Å². The van der Waals surface area contributed by atoms with E-state index in [0.717, 1.165) is 6.07 Å². The first-order valence-corrected chi connectivity index (χ1v) is 9.00. The van der Waals surface area contributed by atoms with Crippen LogP contribution in [0.1, 0.15) is 10.4 Å². The van der Waals surface area contributed by atoms with Crippen LogP contribution in [0.5, 0.6) is 11.5 Å². The van der Waals surface area contributed by atoms with Crippen molar-refractivity contribution in [3.8, 4) is 11.5 Å². The molecule has 2 N–H and O–H groups in total. The summed E-state index contributed by atoms with van der Waals surface area (Å²) in [6.45, 7) is 0.0530. The van der Waals surface area contributed by atoms with Gasteiger partial charge in [0.15, 0.2) is 0 Å². The largest absolute Gasteiger partial charge is 0.496 e. The zero-order valence-corrected chi connectivity index (χ0v) is 14.8. The number of halogens is 1. The summed E-state index contributed by atoms with van der Waals surface area (Å²) >= 11 is 5.83. The molecule has 0 aliphatic heterocycles. The van der Waals surface area contributed by atoms with Crippen LogP contribution in [0.3, 0.4) is 0 Å². The third-order valence-electron chi connectivity index (χ3n) is 3.10. The predicted molar refractivity (Wildman–Crippen MR) is 91.6 cm³/mol. The Morgan fingerprint density at radius 2 is 1.92 bits per heavy atom. The number of carbonyl (C=O) groups excluding carboxylic acids is 1. The fraction of sp³-hybridized carbons (Fsp3) is 0.188. The van der Waals surface area contributed by atoms with E-state index >= 15 is 0 Å². The van der Waals surface area contributed by atoms with Gasteiger partial charge in [0.2, 0.25) is 10.0 Å². The lowest BCUT2D eigenvalue weighted by molar-refractivity contribution is 0.0446. The van der Waals surface area contributed by atoms with Crippen LogP contribution < -0.4 is 14.6 Å². The van der Waals surface area contributed by atoms with E-state index in [1.54, 1.807) is 24.3 Å². The first-order valence-electron chi connectivity index (χ1n) is 7.07. The SMILES string of the molecule is COc1ccc(S(N)(=O)=O)cc1C(=O)OCCOc1cccc(Cl)c1. The molecule has 2 aromatic rings. The zero-order valence-electron chi connectivity index (χ0n) is 13.3. The van der Waals surface area contributed by atoms with Crippen LogP contribution in [-0.2, 0) is 14.8 Å². The molecule has 0 spiro atoms. The molecule has 0 aliphatic rings. The minimum absolute atomic E-state index is 0.0446. The lowest BCUT2D eigenvalue weighted by Crippen LogP contribution is -2.16. The van der Waals surface area contributed by atoms with Crippen molar-refractivity contribution in [2.75, 3.05) is 20.3 Å². The molecule has 0 aliphatic carbocycles. The van der Waals surface area contributed by atoms with Gasteiger partial charge in [-0.05, 0) is 36.4 Å². The number of nitrogens with two attached hydrogens (primary N) is 1. The molecule has 0 amide bonds. The number of ether oxygens (including phenoxy) is 3. The number of rotatable bonds is 7. The Labute approximate surface area is 150 Å². The molecule has 0 heterocycles. The Morgan fingerprint density at radius 1 is 1.16 bits per heavy atom. The Kier molecular flexibility index (Phi) is 6.24. The summed E-state index contributed by atoms with van der Waals surface area (Å²) in [5, 5.41) is 5.59. The zero-order chi connectivity index (χ0) is 18.4. The summed E-state index contributed by atoms with van der Waals surface area (Å²) in [4.78, 5) is 11.9. The topological polar surface area (TPSA) is 105 Å². The van der Waals surface area contributed by atoms with E-state index in [2.05, 4.69) is 0 Å². The molecular formula is C16H16ClNO6S. The van der Waals surface area contributed by atoms with E-state index in [0.29, 0.717) is 10.8 Å². The van der Waals surface area contributed by atoms with E-state index in [-0.39, 0.29) is 29.4 Å². The molecule has 0 saturated carbocycles. The van der Waals surface area contributed by atoms with Crippen molar-refractivity contribution in [3.05, 3.63) is 53.1 Å². The predicted octanol–water partition coefficient (Wildman–Crippen LogP) is 2.23. The van der Waals surface area contributed by atoms with E-state index in [1.165, 1.54) is 19.2 Å². The van der Waals surface area contributed by atoms with E-state index in [9.17, 15) is 13.2 Å². The lowest BCUT2D eigenvalue weighted by atomic mass is 10.2. The number of benzene rings is 2. The number of methoxy groups -OCH3 is 1. The summed E-state index contributed by atoms with van der Waals surface area (Å²) in [6, 6.07) is 10.5. The van der Waals surface area contributed by atoms with E-state index in [4.69, 9.17) is 31.0 Å². The van der Waals surface area contributed by atoms with Crippen molar-refractivity contribution in [1.29, 1.82) is 0 Å². The number of esters is 1. The van der Waals surface area contributed by atoms with Gasteiger partial charge in [-0.2, -0.15) is 0 Å². The van der Waals surface area contributed by atoms with Gasteiger partial charge in [0, 0.05) is 5.02 Å². The van der Waals surface area contributed by atoms with Crippen molar-refractivity contribution < 1.29 is 27.4 Å². The Hall–Kier alpha value is -2.29. The first kappa shape index (κ1) is 19.0. The van der Waals surface area contributed by atoms with Crippen LogP contribution in [0, 0.1) is 0 Å². The molecular weight excluding hydrogens is 370 g/mol. The van der Waals surface area contributed by atoms with Crippen LogP contribution in [0.2, 0.25) is 5.02 Å². The highest BCUT2D eigenvalue weighted by atomic mass is 35.5. The molecule has 134 valence electrons. The standard InChI is InChI=1S/C16H16ClNO6S/c1-22-15-6-5-13(25(18,20)21)10-14(15)16(19)24-8-7-23-12-4-2-3-11(17)9-12/h2-6,9-10H,7-8H2,1H3,(H2,18,20,21). The van der Waals surface area contributed by atoms with Crippen molar-refractivity contribution in [3.63, 3.8) is 0 Å². The molecule has 0 atom stereocenters. The Balaban J connectivity index is 2.00. The van der Waals surface area contributed by atoms with Crippen molar-refractivity contribution in [2.24, 2.45) is 5.14 Å². The van der Waals surface area contributed by atoms with Crippen LogP contribution in [0.25, 0.3) is 0 Å². The number of hydrogen-bond acceptors (Lipinski definition) is 6. The monoisotopic (exact) mass is 385 g/mol. The molecule has 7 nitrogen and oxygen atoms in total. The average molecular weight is 386 g/mol. The van der Waals surface area contributed by atoms with Crippen LogP contribution in [-0.4, -0.2) is 34.7 Å². The minimum Gasteiger partial charge on any atom is -0.496 e. The fourth-order valence-corrected chi connectivity index (χ4v) is 2.67. The third kappa shape index (κ3) is 5.35. The van der Waals surface area contributed by atoms with Gasteiger partial charge in [0.25, 0.3) is 0 Å². The summed E-state index contributed by atoms with van der Waals surface area (Å²) in [5.74, 6) is -0.0393. The number of sulfonamides is 1. The van der Waals surface area contributed by atoms with Gasteiger partial charge in [-0.15, -0.1) is 0 Å². The molecule has 0 saturated heterocycles. The molecule has 0 fully saturated rings. The molecule has 0 aromatic heterocycles. The summed E-state index contributed by atoms with van der Waals surface area (Å²) in [5.41, 5.74) is -0.0446. The second-order valence-corrected chi connectivity index (χ2v) is 6.85. The molecule has 0 radical (unpaired) electrons. The molecule has 0 unspecified atom stereocenters. The minimum atomic E-state index is -3.95. The summed E-state index contributed by atoms with van der Waals surface area (Å²) in [7, 11) is -2.60. The van der Waals surface area contributed by atoms with Gasteiger partial charge in [-0.3, -0.25) is 0 Å². The van der Waals surface area contributed by atoms with Gasteiger partial charge >= 0.3 is 5.97 Å². The second kappa shape index (κ2) is 8.19. The van der Waals surface area contributed by atoms with Gasteiger partial charge in [-0.1, -0.05) is 17.7 Å². The number of hydrogen-bond donors (Lipinski definition) is 1. The maximum absolute atomic E-state index is 12.2. The quantitative estimate of drug-likeness (QED) is 0.578. The van der Waals surface area contributed by atoms with Gasteiger partial charge in [0.1, 0.15) is 30.3 Å². The summed E-state index contributed by atoms with van der Waals surface area (Å²) < 4.78 is 38.3. The van der Waals surface area contributed by atoms with E-state index in [1.807, 2.05) is 0 Å². The smallest absolute Gasteiger partial charge is 0.342 e. The maximum Gasteiger partial charge on any atom is 0.342 e. The average Bonchev–Trinajstić information content (AvgIpc) is 2.57. The Morgan fingerprint density at radius 3 is 2.56 bits per heavy atom. The summed E-state index contributed by atoms with van der Waals surface area (Å²) in [6.07, 6.45) is 0. The molecule has 9 heteroatoms. The van der Waals surface area contributed by atoms with Crippen LogP contribution >= 0.6 is 11.6 Å². The molecule has 0 bridgehead atoms. The van der Waals surface area contributed by atoms with Crippen molar-refractivity contribution in [1.82, 2.24) is 0 Å². The highest BCUT2D eigenvalue weighted by Crippen LogP contribution is 2.23. The Bertz CT molecular complexity index is 869. The third-order valence-corrected chi connectivity index (χ3v) is 4.25. The second-order valence-electron chi connectivity index (χ2n) is 4.85. The highest BCUT2D eigenvalue weighted by Gasteiger charge is 2.18. The number of carbonyl (C=O) groups is 1. The fourth-order valence-electron chi connectivity index (χ4n) is 1.95. The van der Waals surface area contributed by atoms with Crippen LogP contribution in [0.15, 0.2) is 47.4 Å². The first-order chi connectivity index (χ1) is 11.8. The molecule has 2 rings (SSSR count). The normalized spacial score (nSPS) is 11.0. The number of primary sulfonamides is 1. The maximum atomic E-state index is 12.2.